The summed E-state index contributed by atoms with van der Waals surface area (Å²) in [4.78, 5) is 14.8. The summed E-state index contributed by atoms with van der Waals surface area (Å²) in [6.45, 7) is 7.26. The average molecular weight is 328 g/mol. The van der Waals surface area contributed by atoms with Gasteiger partial charge in [-0.2, -0.15) is 0 Å². The Morgan fingerprint density at radius 1 is 1.33 bits per heavy atom. The second-order valence-electron chi connectivity index (χ2n) is 6.24. The number of hydrogen-bond donors (Lipinski definition) is 0. The molecular weight excluding hydrogens is 304 g/mol. The highest BCUT2D eigenvalue weighted by atomic mass is 16.5. The van der Waals surface area contributed by atoms with Gasteiger partial charge in [0.05, 0.1) is 24.8 Å². The van der Waals surface area contributed by atoms with Crippen LogP contribution >= 0.6 is 0 Å². The van der Waals surface area contributed by atoms with E-state index in [0.717, 1.165) is 47.7 Å². The van der Waals surface area contributed by atoms with Gasteiger partial charge in [-0.25, -0.2) is 0 Å². The maximum Gasteiger partial charge on any atom is 0.227 e. The van der Waals surface area contributed by atoms with Crippen molar-refractivity contribution in [3.05, 3.63) is 46.8 Å². The Hall–Kier alpha value is -2.30. The van der Waals surface area contributed by atoms with Crippen molar-refractivity contribution in [1.82, 2.24) is 10.1 Å². The average Bonchev–Trinajstić information content (AvgIpc) is 3.16. The molecule has 0 unspecified atom stereocenters. The van der Waals surface area contributed by atoms with Crippen molar-refractivity contribution in [2.75, 3.05) is 13.2 Å². The Morgan fingerprint density at radius 2 is 2.08 bits per heavy atom. The maximum absolute atomic E-state index is 12.8. The Balaban J connectivity index is 1.72. The van der Waals surface area contributed by atoms with Crippen LogP contribution in [0.3, 0.4) is 0 Å². The Labute approximate surface area is 142 Å². The lowest BCUT2D eigenvalue weighted by molar-refractivity contribution is -0.131. The number of benzene rings is 1. The van der Waals surface area contributed by atoms with Gasteiger partial charge in [0, 0.05) is 12.1 Å². The minimum atomic E-state index is 0.0893. The number of carbonyl (C=O) groups is 1. The smallest absolute Gasteiger partial charge is 0.227 e. The van der Waals surface area contributed by atoms with Gasteiger partial charge in [0.1, 0.15) is 11.5 Å². The molecule has 1 aromatic carbocycles. The Kier molecular flexibility index (Phi) is 4.88. The summed E-state index contributed by atoms with van der Waals surface area (Å²) in [6.07, 6.45) is 2.40. The molecular formula is C19H24N2O3. The molecule has 5 heteroatoms. The molecule has 1 aliphatic rings. The number of ether oxygens (including phenoxy) is 1. The fourth-order valence-electron chi connectivity index (χ4n) is 3.48. The van der Waals surface area contributed by atoms with Crippen molar-refractivity contribution in [3.8, 4) is 5.75 Å². The summed E-state index contributed by atoms with van der Waals surface area (Å²) in [6, 6.07) is 7.85. The van der Waals surface area contributed by atoms with Crippen LogP contribution < -0.4 is 4.74 Å². The summed E-state index contributed by atoms with van der Waals surface area (Å²) in [5.74, 6) is 1.81. The summed E-state index contributed by atoms with van der Waals surface area (Å²) in [5, 5.41) is 4.04. The lowest BCUT2D eigenvalue weighted by atomic mass is 10.0. The van der Waals surface area contributed by atoms with E-state index in [0.29, 0.717) is 13.0 Å². The molecule has 0 N–H and O–H groups in total. The minimum Gasteiger partial charge on any atom is -0.494 e. The second-order valence-corrected chi connectivity index (χ2v) is 6.24. The summed E-state index contributed by atoms with van der Waals surface area (Å²) in [7, 11) is 0. The van der Waals surface area contributed by atoms with Crippen LogP contribution in [-0.4, -0.2) is 29.1 Å². The molecule has 128 valence electrons. The number of aromatic nitrogens is 1. The summed E-state index contributed by atoms with van der Waals surface area (Å²) in [5.41, 5.74) is 2.97. The number of aryl methyl sites for hydroxylation is 2. The first kappa shape index (κ1) is 16.6. The monoisotopic (exact) mass is 328 g/mol. The zero-order valence-corrected chi connectivity index (χ0v) is 14.5. The van der Waals surface area contributed by atoms with E-state index in [9.17, 15) is 4.79 Å². The molecule has 3 rings (SSSR count). The standard InChI is InChI=1S/C19H24N2O3/c1-4-23-16-9-7-15(8-10-16)12-18(22)21-11-5-6-17(21)19-13(2)20-24-14(19)3/h7-10,17H,4-6,11-12H2,1-3H3/t17-/m1/s1. The largest absolute Gasteiger partial charge is 0.494 e. The molecule has 0 spiro atoms. The first-order chi connectivity index (χ1) is 11.6. The molecule has 24 heavy (non-hydrogen) atoms. The fourth-order valence-corrected chi connectivity index (χ4v) is 3.48. The van der Waals surface area contributed by atoms with Gasteiger partial charge in [-0.1, -0.05) is 17.3 Å². The molecule has 1 aliphatic heterocycles. The predicted molar refractivity (Wildman–Crippen MR) is 91.0 cm³/mol. The summed E-state index contributed by atoms with van der Waals surface area (Å²) >= 11 is 0. The molecule has 1 fully saturated rings. The van der Waals surface area contributed by atoms with Gasteiger partial charge in [-0.3, -0.25) is 4.79 Å². The van der Waals surface area contributed by atoms with E-state index >= 15 is 0 Å². The molecule has 1 amide bonds. The first-order valence-electron chi connectivity index (χ1n) is 8.54. The van der Waals surface area contributed by atoms with Crippen molar-refractivity contribution >= 4 is 5.91 Å². The molecule has 2 heterocycles. The zero-order chi connectivity index (χ0) is 17.1. The van der Waals surface area contributed by atoms with Gasteiger partial charge < -0.3 is 14.2 Å². The van der Waals surface area contributed by atoms with E-state index in [2.05, 4.69) is 5.16 Å². The van der Waals surface area contributed by atoms with E-state index in [4.69, 9.17) is 9.26 Å². The van der Waals surface area contributed by atoms with Gasteiger partial charge >= 0.3 is 0 Å². The minimum absolute atomic E-state index is 0.0893. The number of likely N-dealkylation sites (tertiary alicyclic amines) is 1. The molecule has 0 bridgehead atoms. The molecule has 0 saturated carbocycles. The van der Waals surface area contributed by atoms with Crippen LogP contribution in [0, 0.1) is 13.8 Å². The number of nitrogens with zero attached hydrogens (tertiary/aromatic N) is 2. The number of rotatable bonds is 5. The molecule has 1 atom stereocenters. The van der Waals surface area contributed by atoms with Crippen molar-refractivity contribution < 1.29 is 14.1 Å². The molecule has 1 aromatic heterocycles. The van der Waals surface area contributed by atoms with Crippen LogP contribution in [0.15, 0.2) is 28.8 Å². The highest BCUT2D eigenvalue weighted by Crippen LogP contribution is 2.35. The fraction of sp³-hybridized carbons (Fsp3) is 0.474. The van der Waals surface area contributed by atoms with Crippen molar-refractivity contribution in [1.29, 1.82) is 0 Å². The van der Waals surface area contributed by atoms with Crippen LogP contribution in [0.4, 0.5) is 0 Å². The molecule has 1 saturated heterocycles. The third kappa shape index (κ3) is 3.30. The number of amides is 1. The molecule has 5 nitrogen and oxygen atoms in total. The quantitative estimate of drug-likeness (QED) is 0.841. The van der Waals surface area contributed by atoms with Crippen molar-refractivity contribution in [3.63, 3.8) is 0 Å². The van der Waals surface area contributed by atoms with E-state index in [1.807, 2.05) is 49.9 Å². The van der Waals surface area contributed by atoms with E-state index in [1.54, 1.807) is 0 Å². The van der Waals surface area contributed by atoms with Gasteiger partial charge in [0.25, 0.3) is 0 Å². The lowest BCUT2D eigenvalue weighted by Gasteiger charge is -2.25. The third-order valence-electron chi connectivity index (χ3n) is 4.58. The summed E-state index contributed by atoms with van der Waals surface area (Å²) < 4.78 is 10.7. The Bertz CT molecular complexity index is 686. The maximum atomic E-state index is 12.8. The first-order valence-corrected chi connectivity index (χ1v) is 8.54. The van der Waals surface area contributed by atoms with E-state index < -0.39 is 0 Å². The number of carbonyl (C=O) groups excluding carboxylic acids is 1. The zero-order valence-electron chi connectivity index (χ0n) is 14.5. The van der Waals surface area contributed by atoms with Gasteiger partial charge in [-0.05, 0) is 51.3 Å². The van der Waals surface area contributed by atoms with Crippen LogP contribution in [0.2, 0.25) is 0 Å². The van der Waals surface area contributed by atoms with Crippen LogP contribution in [-0.2, 0) is 11.2 Å². The number of hydrogen-bond acceptors (Lipinski definition) is 4. The molecule has 0 aliphatic carbocycles. The normalized spacial score (nSPS) is 17.3. The van der Waals surface area contributed by atoms with Gasteiger partial charge in [0.15, 0.2) is 0 Å². The molecule has 0 radical (unpaired) electrons. The van der Waals surface area contributed by atoms with Crippen LogP contribution in [0.5, 0.6) is 5.75 Å². The molecule has 2 aromatic rings. The van der Waals surface area contributed by atoms with Crippen LogP contribution in [0.25, 0.3) is 0 Å². The third-order valence-corrected chi connectivity index (χ3v) is 4.58. The topological polar surface area (TPSA) is 55.6 Å². The SMILES string of the molecule is CCOc1ccc(CC(=O)N2CCC[C@@H]2c2c(C)noc2C)cc1. The highest BCUT2D eigenvalue weighted by Gasteiger charge is 2.33. The van der Waals surface area contributed by atoms with E-state index in [1.165, 1.54) is 0 Å². The Morgan fingerprint density at radius 3 is 2.71 bits per heavy atom. The van der Waals surface area contributed by atoms with Crippen molar-refractivity contribution in [2.45, 2.75) is 46.1 Å². The predicted octanol–water partition coefficient (Wildman–Crippen LogP) is 3.60. The van der Waals surface area contributed by atoms with Gasteiger partial charge in [0.2, 0.25) is 5.91 Å². The second kappa shape index (κ2) is 7.07. The lowest BCUT2D eigenvalue weighted by Crippen LogP contribution is -2.32. The van der Waals surface area contributed by atoms with Crippen LogP contribution in [0.1, 0.15) is 48.4 Å². The highest BCUT2D eigenvalue weighted by molar-refractivity contribution is 5.79. The van der Waals surface area contributed by atoms with Gasteiger partial charge in [-0.15, -0.1) is 0 Å². The van der Waals surface area contributed by atoms with E-state index in [-0.39, 0.29) is 11.9 Å². The van der Waals surface area contributed by atoms with Crippen molar-refractivity contribution in [2.24, 2.45) is 0 Å².